The van der Waals surface area contributed by atoms with Crippen molar-refractivity contribution in [3.05, 3.63) is 0 Å². The standard InChI is InChI=1S/C27H56NO5PS2/c1-6-7-8-9-10-11-12-13-14-15-16-17-18-19-20-21-27(29)31-24-26(30-5)25-33-34(35,36)32-23-22-28(2,3)4/h26H,6-25H2,1-5H3/p+1. The van der Waals surface area contributed by atoms with Gasteiger partial charge in [-0.1, -0.05) is 109 Å². The van der Waals surface area contributed by atoms with Crippen LogP contribution in [0.25, 0.3) is 0 Å². The van der Waals surface area contributed by atoms with Gasteiger partial charge in [-0.15, -0.1) is 0 Å². The first-order chi connectivity index (χ1) is 17.1. The van der Waals surface area contributed by atoms with Gasteiger partial charge < -0.3 is 23.0 Å². The molecule has 6 nitrogen and oxygen atoms in total. The van der Waals surface area contributed by atoms with Crippen LogP contribution in [0, 0.1) is 0 Å². The van der Waals surface area contributed by atoms with Crippen molar-refractivity contribution in [2.75, 3.05) is 54.6 Å². The summed E-state index contributed by atoms with van der Waals surface area (Å²) in [7, 11) is 7.82. The molecule has 0 heterocycles. The molecule has 0 bridgehead atoms. The van der Waals surface area contributed by atoms with Gasteiger partial charge >= 0.3 is 5.97 Å². The van der Waals surface area contributed by atoms with Crippen molar-refractivity contribution in [3.8, 4) is 0 Å². The lowest BCUT2D eigenvalue weighted by Crippen LogP contribution is -2.37. The third kappa shape index (κ3) is 25.9. The minimum absolute atomic E-state index is 0.149. The first-order valence-electron chi connectivity index (χ1n) is 14.2. The van der Waals surface area contributed by atoms with Crippen molar-refractivity contribution >= 4 is 35.7 Å². The molecule has 0 saturated carbocycles. The Labute approximate surface area is 233 Å². The summed E-state index contributed by atoms with van der Waals surface area (Å²) in [5, 5.41) is 0. The number of likely N-dealkylation sites (N-methyl/N-ethyl adjacent to an activating group) is 1. The molecule has 0 aromatic rings. The molecule has 0 amide bonds. The minimum atomic E-state index is -2.64. The van der Waals surface area contributed by atoms with E-state index in [1.165, 1.54) is 83.5 Å². The zero-order valence-electron chi connectivity index (χ0n) is 24.0. The average Bonchev–Trinajstić information content (AvgIpc) is 2.80. The zero-order chi connectivity index (χ0) is 27.1. The van der Waals surface area contributed by atoms with Crippen LogP contribution in [0.2, 0.25) is 0 Å². The summed E-state index contributed by atoms with van der Waals surface area (Å²) in [4.78, 5) is 12.1. The largest absolute Gasteiger partial charge is 0.463 e. The molecule has 0 aromatic heterocycles. The molecule has 2 unspecified atom stereocenters. The number of carbonyl (C=O) groups is 1. The van der Waals surface area contributed by atoms with E-state index in [0.717, 1.165) is 23.9 Å². The van der Waals surface area contributed by atoms with Crippen molar-refractivity contribution in [2.24, 2.45) is 0 Å². The highest BCUT2D eigenvalue weighted by molar-refractivity contribution is 8.60. The van der Waals surface area contributed by atoms with Crippen LogP contribution >= 0.6 is 17.9 Å². The number of hydrogen-bond donors (Lipinski definition) is 1. The second-order valence-electron chi connectivity index (χ2n) is 10.9. The van der Waals surface area contributed by atoms with Gasteiger partial charge in [0.05, 0.1) is 27.7 Å². The average molecular weight is 571 g/mol. The molecule has 2 atom stereocenters. The maximum absolute atomic E-state index is 12.1. The lowest BCUT2D eigenvalue weighted by Gasteiger charge is -2.25. The normalized spacial score (nSPS) is 14.5. The van der Waals surface area contributed by atoms with Crippen LogP contribution in [0.4, 0.5) is 0 Å². The Kier molecular flexibility index (Phi) is 23.4. The Balaban J connectivity index is 3.65. The first kappa shape index (κ1) is 36.3. The van der Waals surface area contributed by atoms with Gasteiger partial charge in [0.2, 0.25) is 5.69 Å². The van der Waals surface area contributed by atoms with Gasteiger partial charge in [-0.2, -0.15) is 0 Å². The molecule has 0 aliphatic heterocycles. The molecule has 0 aromatic carbocycles. The molecule has 0 fully saturated rings. The van der Waals surface area contributed by atoms with Crippen LogP contribution in [0.3, 0.4) is 0 Å². The van der Waals surface area contributed by atoms with Crippen LogP contribution in [-0.2, 0) is 35.1 Å². The Morgan fingerprint density at radius 2 is 1.28 bits per heavy atom. The maximum atomic E-state index is 12.1. The second kappa shape index (κ2) is 23.2. The third-order valence-electron chi connectivity index (χ3n) is 6.19. The molecular formula is C27H57NO5PS2+. The molecule has 0 rings (SSSR count). The van der Waals surface area contributed by atoms with Crippen LogP contribution < -0.4 is 0 Å². The zero-order valence-corrected chi connectivity index (χ0v) is 26.6. The molecule has 0 spiro atoms. The molecular weight excluding hydrogens is 513 g/mol. The predicted octanol–water partition coefficient (Wildman–Crippen LogP) is 7.70. The maximum Gasteiger partial charge on any atom is 0.305 e. The lowest BCUT2D eigenvalue weighted by atomic mass is 10.0. The van der Waals surface area contributed by atoms with Crippen molar-refractivity contribution in [1.29, 1.82) is 0 Å². The summed E-state index contributed by atoms with van der Waals surface area (Å²) >= 11 is 9.71. The number of esters is 1. The first-order valence-corrected chi connectivity index (χ1v) is 18.0. The van der Waals surface area contributed by atoms with E-state index in [-0.39, 0.29) is 25.3 Å². The van der Waals surface area contributed by atoms with Crippen molar-refractivity contribution in [1.82, 2.24) is 0 Å². The molecule has 0 aliphatic carbocycles. The SMILES string of the molecule is CCCCCCCCCCCCCCCCCC(=O)OCC(COP(=S)(S)OCC[N+](C)(C)C)OC. The van der Waals surface area contributed by atoms with Crippen molar-refractivity contribution in [2.45, 2.75) is 116 Å². The van der Waals surface area contributed by atoms with Crippen LogP contribution in [0.15, 0.2) is 0 Å². The van der Waals surface area contributed by atoms with E-state index >= 15 is 0 Å². The van der Waals surface area contributed by atoms with E-state index in [4.69, 9.17) is 30.3 Å². The quantitative estimate of drug-likeness (QED) is 0.0378. The van der Waals surface area contributed by atoms with E-state index in [2.05, 4.69) is 40.3 Å². The number of ether oxygens (including phenoxy) is 2. The summed E-state index contributed by atoms with van der Waals surface area (Å²) in [6.07, 6.45) is 19.7. The highest BCUT2D eigenvalue weighted by atomic mass is 32.9. The number of unbranched alkanes of at least 4 members (excludes halogenated alkanes) is 14. The molecule has 9 heteroatoms. The number of rotatable bonds is 26. The van der Waals surface area contributed by atoms with E-state index < -0.39 is 5.69 Å². The molecule has 0 radical (unpaired) electrons. The Hall–Kier alpha value is 0.310. The number of hydrogen-bond acceptors (Lipinski definition) is 6. The Morgan fingerprint density at radius 1 is 0.806 bits per heavy atom. The summed E-state index contributed by atoms with van der Waals surface area (Å²) in [6, 6.07) is 0. The van der Waals surface area contributed by atoms with E-state index in [1.54, 1.807) is 7.11 Å². The molecule has 0 aliphatic rings. The third-order valence-corrected chi connectivity index (χ3v) is 8.50. The smallest absolute Gasteiger partial charge is 0.305 e. The van der Waals surface area contributed by atoms with Gasteiger partial charge in [0.1, 0.15) is 25.9 Å². The van der Waals surface area contributed by atoms with Gasteiger partial charge in [0, 0.05) is 13.5 Å². The monoisotopic (exact) mass is 570 g/mol. The fourth-order valence-corrected chi connectivity index (χ4v) is 5.32. The number of carbonyl (C=O) groups excluding carboxylic acids is 1. The summed E-state index contributed by atoms with van der Waals surface area (Å²) in [5.41, 5.74) is -2.64. The van der Waals surface area contributed by atoms with Crippen molar-refractivity contribution in [3.63, 3.8) is 0 Å². The highest BCUT2D eigenvalue weighted by Crippen LogP contribution is 2.53. The molecule has 216 valence electrons. The lowest BCUT2D eigenvalue weighted by molar-refractivity contribution is -0.870. The van der Waals surface area contributed by atoms with Crippen LogP contribution in [0.5, 0.6) is 0 Å². The number of thiol groups is 1. The van der Waals surface area contributed by atoms with E-state index in [1.807, 2.05) is 0 Å². The second-order valence-corrected chi connectivity index (χ2v) is 16.1. The van der Waals surface area contributed by atoms with Gasteiger partial charge in [0.15, 0.2) is 0 Å². The van der Waals surface area contributed by atoms with Crippen LogP contribution in [-0.4, -0.2) is 71.2 Å². The molecule has 0 N–H and O–H groups in total. The Morgan fingerprint density at radius 3 is 1.72 bits per heavy atom. The summed E-state index contributed by atoms with van der Waals surface area (Å²) in [6.45, 7) is 3.90. The molecule has 36 heavy (non-hydrogen) atoms. The summed E-state index contributed by atoms with van der Waals surface area (Å²) < 4.78 is 22.8. The van der Waals surface area contributed by atoms with Gasteiger partial charge in [-0.25, -0.2) is 0 Å². The van der Waals surface area contributed by atoms with Crippen molar-refractivity contribution < 1.29 is 27.8 Å². The number of nitrogens with zero attached hydrogens (tertiary/aromatic N) is 1. The van der Waals surface area contributed by atoms with Crippen LogP contribution in [0.1, 0.15) is 110 Å². The molecule has 0 saturated heterocycles. The van der Waals surface area contributed by atoms with Gasteiger partial charge in [-0.05, 0) is 18.2 Å². The number of methoxy groups -OCH3 is 1. The topological polar surface area (TPSA) is 54.0 Å². The Bertz CT molecular complexity index is 575. The fourth-order valence-electron chi connectivity index (χ4n) is 3.73. The van der Waals surface area contributed by atoms with Gasteiger partial charge in [-0.3, -0.25) is 4.79 Å². The predicted molar refractivity (Wildman–Crippen MR) is 159 cm³/mol. The highest BCUT2D eigenvalue weighted by Gasteiger charge is 2.20. The number of quaternary nitrogens is 1. The van der Waals surface area contributed by atoms with E-state index in [0.29, 0.717) is 13.0 Å². The minimum Gasteiger partial charge on any atom is -0.463 e. The van der Waals surface area contributed by atoms with Gasteiger partial charge in [0.25, 0.3) is 0 Å². The summed E-state index contributed by atoms with van der Waals surface area (Å²) in [5.74, 6) is -0.184. The fraction of sp³-hybridized carbons (Fsp3) is 0.963. The van der Waals surface area contributed by atoms with E-state index in [9.17, 15) is 4.79 Å².